The first kappa shape index (κ1) is 7.28. The maximum absolute atomic E-state index is 10.3. The Kier molecular flexibility index (Phi) is 1.78. The Bertz CT molecular complexity index is 298. The molecule has 0 fully saturated rings. The van der Waals surface area contributed by atoms with Gasteiger partial charge < -0.3 is 5.32 Å². The van der Waals surface area contributed by atoms with Crippen LogP contribution in [0.3, 0.4) is 0 Å². The summed E-state index contributed by atoms with van der Waals surface area (Å²) in [4.78, 5) is 10.3. The minimum absolute atomic E-state index is 0.236. The summed E-state index contributed by atoms with van der Waals surface area (Å²) < 4.78 is 0. The summed E-state index contributed by atoms with van der Waals surface area (Å²) >= 11 is 0. The van der Waals surface area contributed by atoms with Gasteiger partial charge in [-0.1, -0.05) is 18.2 Å². The van der Waals surface area contributed by atoms with Crippen molar-refractivity contribution in [2.75, 3.05) is 5.32 Å². The molecule has 1 heterocycles. The second-order valence-corrected chi connectivity index (χ2v) is 2.96. The summed E-state index contributed by atoms with van der Waals surface area (Å²) in [7, 11) is 0. The SMILES string of the molecule is O=NC1CCc2ccccc2N1. The molecule has 0 bridgehead atoms. The zero-order valence-corrected chi connectivity index (χ0v) is 6.66. The number of nitrogens with zero attached hydrogens (tertiary/aromatic N) is 1. The number of hydrogen-bond acceptors (Lipinski definition) is 3. The second-order valence-electron chi connectivity index (χ2n) is 2.96. The van der Waals surface area contributed by atoms with E-state index >= 15 is 0 Å². The number of hydrogen-bond donors (Lipinski definition) is 1. The minimum atomic E-state index is -0.236. The molecular formula is C9H10N2O. The maximum Gasteiger partial charge on any atom is 0.161 e. The highest BCUT2D eigenvalue weighted by Crippen LogP contribution is 2.24. The Morgan fingerprint density at radius 1 is 1.42 bits per heavy atom. The first-order chi connectivity index (χ1) is 5.90. The van der Waals surface area contributed by atoms with E-state index in [0.717, 1.165) is 18.5 Å². The first-order valence-electron chi connectivity index (χ1n) is 4.07. The second kappa shape index (κ2) is 2.93. The van der Waals surface area contributed by atoms with Crippen LogP contribution >= 0.6 is 0 Å². The van der Waals surface area contributed by atoms with Gasteiger partial charge in [0.1, 0.15) is 0 Å². The molecule has 1 atom stereocenters. The van der Waals surface area contributed by atoms with Gasteiger partial charge in [0.05, 0.1) is 0 Å². The zero-order chi connectivity index (χ0) is 8.39. The van der Waals surface area contributed by atoms with Crippen LogP contribution in [-0.2, 0) is 6.42 Å². The molecular weight excluding hydrogens is 152 g/mol. The lowest BCUT2D eigenvalue weighted by molar-refractivity contribution is 0.653. The molecule has 62 valence electrons. The molecule has 3 nitrogen and oxygen atoms in total. The first-order valence-corrected chi connectivity index (χ1v) is 4.07. The molecule has 0 saturated carbocycles. The molecule has 2 rings (SSSR count). The van der Waals surface area contributed by atoms with Crippen LogP contribution < -0.4 is 5.32 Å². The molecule has 12 heavy (non-hydrogen) atoms. The number of rotatable bonds is 1. The third kappa shape index (κ3) is 1.18. The predicted octanol–water partition coefficient (Wildman–Crippen LogP) is 2.14. The van der Waals surface area contributed by atoms with E-state index in [1.165, 1.54) is 5.56 Å². The van der Waals surface area contributed by atoms with Crippen LogP contribution in [0, 0.1) is 4.91 Å². The van der Waals surface area contributed by atoms with E-state index in [2.05, 4.69) is 16.6 Å². The lowest BCUT2D eigenvalue weighted by atomic mass is 10.0. The lowest BCUT2D eigenvalue weighted by Gasteiger charge is -2.21. The Morgan fingerprint density at radius 3 is 3.08 bits per heavy atom. The standard InChI is InChI=1S/C9H10N2O/c12-11-9-6-5-7-3-1-2-4-8(7)10-9/h1-4,9-10H,5-6H2. The number of aryl methyl sites for hydroxylation is 1. The van der Waals surface area contributed by atoms with E-state index < -0.39 is 0 Å². The highest BCUT2D eigenvalue weighted by atomic mass is 16.3. The molecule has 1 aliphatic rings. The van der Waals surface area contributed by atoms with Gasteiger partial charge in [0.15, 0.2) is 6.17 Å². The molecule has 1 N–H and O–H groups in total. The van der Waals surface area contributed by atoms with E-state index in [-0.39, 0.29) is 6.17 Å². The summed E-state index contributed by atoms with van der Waals surface area (Å²) in [6.07, 6.45) is 1.51. The fourth-order valence-corrected chi connectivity index (χ4v) is 1.50. The molecule has 1 aromatic rings. The van der Waals surface area contributed by atoms with E-state index in [1.54, 1.807) is 0 Å². The van der Waals surface area contributed by atoms with Crippen molar-refractivity contribution in [3.05, 3.63) is 34.7 Å². The van der Waals surface area contributed by atoms with Crippen molar-refractivity contribution in [2.24, 2.45) is 5.18 Å². The average molecular weight is 162 g/mol. The van der Waals surface area contributed by atoms with E-state index in [4.69, 9.17) is 0 Å². The highest BCUT2D eigenvalue weighted by Gasteiger charge is 2.16. The molecule has 0 spiro atoms. The molecule has 0 saturated heterocycles. The van der Waals surface area contributed by atoms with E-state index in [0.29, 0.717) is 0 Å². The summed E-state index contributed by atoms with van der Waals surface area (Å²) in [6.45, 7) is 0. The average Bonchev–Trinajstić information content (AvgIpc) is 2.17. The molecule has 0 radical (unpaired) electrons. The van der Waals surface area contributed by atoms with Crippen molar-refractivity contribution in [3.63, 3.8) is 0 Å². The monoisotopic (exact) mass is 162 g/mol. The van der Waals surface area contributed by atoms with Gasteiger partial charge in [-0.15, -0.1) is 4.91 Å². The van der Waals surface area contributed by atoms with Gasteiger partial charge in [0.25, 0.3) is 0 Å². The van der Waals surface area contributed by atoms with Crippen LogP contribution in [0.1, 0.15) is 12.0 Å². The topological polar surface area (TPSA) is 41.5 Å². The lowest BCUT2D eigenvalue weighted by Crippen LogP contribution is -2.22. The van der Waals surface area contributed by atoms with Gasteiger partial charge in [-0.2, -0.15) is 0 Å². The van der Waals surface area contributed by atoms with Crippen molar-refractivity contribution in [3.8, 4) is 0 Å². The van der Waals surface area contributed by atoms with Gasteiger partial charge in [0.2, 0.25) is 0 Å². The number of nitrogens with one attached hydrogen (secondary N) is 1. The van der Waals surface area contributed by atoms with Crippen molar-refractivity contribution in [1.29, 1.82) is 0 Å². The predicted molar refractivity (Wildman–Crippen MR) is 48.0 cm³/mol. The third-order valence-electron chi connectivity index (χ3n) is 2.15. The van der Waals surface area contributed by atoms with Crippen LogP contribution in [0.25, 0.3) is 0 Å². The van der Waals surface area contributed by atoms with Crippen molar-refractivity contribution < 1.29 is 0 Å². The molecule has 1 aromatic carbocycles. The van der Waals surface area contributed by atoms with Gasteiger partial charge in [-0.05, 0) is 29.6 Å². The Balaban J connectivity index is 2.28. The number of anilines is 1. The van der Waals surface area contributed by atoms with Gasteiger partial charge in [-0.25, -0.2) is 0 Å². The molecule has 0 aromatic heterocycles. The van der Waals surface area contributed by atoms with Gasteiger partial charge >= 0.3 is 0 Å². The van der Waals surface area contributed by atoms with Gasteiger partial charge in [0, 0.05) is 5.69 Å². The summed E-state index contributed by atoms with van der Waals surface area (Å²) in [5, 5.41) is 6.05. The smallest absolute Gasteiger partial charge is 0.161 e. The quantitative estimate of drug-likeness (QED) is 0.643. The number of nitroso groups, excluding NO2 is 1. The summed E-state index contributed by atoms with van der Waals surface area (Å²) in [5.74, 6) is 0. The van der Waals surface area contributed by atoms with Crippen molar-refractivity contribution in [1.82, 2.24) is 0 Å². The number of fused-ring (bicyclic) bond motifs is 1. The molecule has 1 aliphatic heterocycles. The van der Waals surface area contributed by atoms with Crippen molar-refractivity contribution in [2.45, 2.75) is 19.0 Å². The molecule has 1 unspecified atom stereocenters. The third-order valence-corrected chi connectivity index (χ3v) is 2.15. The van der Waals surface area contributed by atoms with Gasteiger partial charge in [-0.3, -0.25) is 0 Å². The molecule has 0 aliphatic carbocycles. The van der Waals surface area contributed by atoms with E-state index in [9.17, 15) is 4.91 Å². The van der Waals surface area contributed by atoms with Crippen LogP contribution in [-0.4, -0.2) is 6.17 Å². The van der Waals surface area contributed by atoms with E-state index in [1.807, 2.05) is 18.2 Å². The van der Waals surface area contributed by atoms with Crippen LogP contribution in [0.15, 0.2) is 29.4 Å². The molecule has 3 heteroatoms. The number of benzene rings is 1. The Labute approximate surface area is 70.8 Å². The number of para-hydroxylation sites is 1. The largest absolute Gasteiger partial charge is 0.361 e. The molecule has 0 amide bonds. The normalized spacial score (nSPS) is 20.8. The fraction of sp³-hybridized carbons (Fsp3) is 0.333. The zero-order valence-electron chi connectivity index (χ0n) is 6.66. The fourth-order valence-electron chi connectivity index (χ4n) is 1.50. The van der Waals surface area contributed by atoms with Crippen LogP contribution in [0.5, 0.6) is 0 Å². The van der Waals surface area contributed by atoms with Crippen LogP contribution in [0.4, 0.5) is 5.69 Å². The maximum atomic E-state index is 10.3. The summed E-state index contributed by atoms with van der Waals surface area (Å²) in [6, 6.07) is 8.02. The summed E-state index contributed by atoms with van der Waals surface area (Å²) in [5.41, 5.74) is 2.32. The highest BCUT2D eigenvalue weighted by molar-refractivity contribution is 5.53. The minimum Gasteiger partial charge on any atom is -0.361 e. The Morgan fingerprint density at radius 2 is 2.25 bits per heavy atom. The Hall–Kier alpha value is -1.38. The van der Waals surface area contributed by atoms with Crippen molar-refractivity contribution >= 4 is 5.69 Å². The van der Waals surface area contributed by atoms with Crippen LogP contribution in [0.2, 0.25) is 0 Å².